The van der Waals surface area contributed by atoms with Crippen molar-refractivity contribution in [2.24, 2.45) is 5.92 Å². The maximum absolute atomic E-state index is 11.8. The predicted molar refractivity (Wildman–Crippen MR) is 87.9 cm³/mol. The third-order valence-electron chi connectivity index (χ3n) is 3.29. The number of para-hydroxylation sites is 2. The van der Waals surface area contributed by atoms with Crippen LogP contribution >= 0.6 is 11.6 Å². The molecule has 0 fully saturated rings. The summed E-state index contributed by atoms with van der Waals surface area (Å²) in [4.78, 5) is 16.3. The molecule has 22 heavy (non-hydrogen) atoms. The van der Waals surface area contributed by atoms with Gasteiger partial charge in [-0.25, -0.2) is 4.98 Å². The maximum atomic E-state index is 11.8. The summed E-state index contributed by atoms with van der Waals surface area (Å²) in [5.41, 5.74) is 2.83. The van der Waals surface area contributed by atoms with Gasteiger partial charge in [0.05, 0.1) is 10.7 Å². The Balaban J connectivity index is 1.99. The molecule has 1 aromatic heterocycles. The number of hydrogen-bond acceptors (Lipinski definition) is 3. The van der Waals surface area contributed by atoms with Crippen LogP contribution in [-0.4, -0.2) is 10.9 Å². The summed E-state index contributed by atoms with van der Waals surface area (Å²) in [5.74, 6) is 0.290. The minimum absolute atomic E-state index is 0.0865. The van der Waals surface area contributed by atoms with Crippen LogP contribution in [0.1, 0.15) is 13.8 Å². The van der Waals surface area contributed by atoms with E-state index >= 15 is 0 Å². The molecule has 0 radical (unpaired) electrons. The number of anilines is 1. The van der Waals surface area contributed by atoms with Gasteiger partial charge in [0.15, 0.2) is 5.58 Å². The van der Waals surface area contributed by atoms with E-state index in [1.807, 2.05) is 44.2 Å². The molecule has 3 aromatic rings. The molecule has 0 atom stereocenters. The molecule has 112 valence electrons. The van der Waals surface area contributed by atoms with Crippen LogP contribution in [-0.2, 0) is 4.79 Å². The lowest BCUT2D eigenvalue weighted by molar-refractivity contribution is -0.118. The van der Waals surface area contributed by atoms with Gasteiger partial charge >= 0.3 is 0 Å². The van der Waals surface area contributed by atoms with Crippen LogP contribution in [0.5, 0.6) is 0 Å². The smallest absolute Gasteiger partial charge is 0.227 e. The summed E-state index contributed by atoms with van der Waals surface area (Å²) in [6, 6.07) is 12.9. The monoisotopic (exact) mass is 314 g/mol. The van der Waals surface area contributed by atoms with Crippen molar-refractivity contribution >= 4 is 34.3 Å². The third-order valence-corrected chi connectivity index (χ3v) is 3.62. The number of oxazole rings is 1. The summed E-state index contributed by atoms with van der Waals surface area (Å²) in [7, 11) is 0. The van der Waals surface area contributed by atoms with E-state index in [9.17, 15) is 4.79 Å². The van der Waals surface area contributed by atoms with Gasteiger partial charge in [0.25, 0.3) is 0 Å². The van der Waals surface area contributed by atoms with Gasteiger partial charge in [0.2, 0.25) is 11.8 Å². The zero-order chi connectivity index (χ0) is 15.7. The number of aromatic nitrogens is 1. The number of amides is 1. The van der Waals surface area contributed by atoms with Gasteiger partial charge in [-0.3, -0.25) is 4.79 Å². The predicted octanol–water partition coefficient (Wildman–Crippen LogP) is 4.74. The molecule has 1 amide bonds. The van der Waals surface area contributed by atoms with Crippen molar-refractivity contribution in [3.8, 4) is 11.5 Å². The van der Waals surface area contributed by atoms with Crippen molar-refractivity contribution in [2.45, 2.75) is 13.8 Å². The fourth-order valence-corrected chi connectivity index (χ4v) is 2.19. The van der Waals surface area contributed by atoms with E-state index in [1.54, 1.807) is 12.1 Å². The highest BCUT2D eigenvalue weighted by atomic mass is 35.5. The van der Waals surface area contributed by atoms with Crippen LogP contribution in [0.25, 0.3) is 22.6 Å². The van der Waals surface area contributed by atoms with E-state index < -0.39 is 0 Å². The number of fused-ring (bicyclic) bond motifs is 1. The Hall–Kier alpha value is -2.33. The van der Waals surface area contributed by atoms with Gasteiger partial charge in [0, 0.05) is 11.5 Å². The quantitative estimate of drug-likeness (QED) is 0.759. The Kier molecular flexibility index (Phi) is 3.86. The summed E-state index contributed by atoms with van der Waals surface area (Å²) >= 11 is 6.15. The van der Waals surface area contributed by atoms with E-state index in [-0.39, 0.29) is 11.8 Å². The van der Waals surface area contributed by atoms with Crippen molar-refractivity contribution in [3.05, 3.63) is 47.5 Å². The molecule has 3 rings (SSSR count). The second-order valence-corrected chi connectivity index (χ2v) is 5.73. The number of halogens is 1. The average molecular weight is 315 g/mol. The fraction of sp³-hybridized carbons (Fsp3) is 0.176. The Morgan fingerprint density at radius 3 is 2.73 bits per heavy atom. The Morgan fingerprint density at radius 2 is 2.00 bits per heavy atom. The van der Waals surface area contributed by atoms with Crippen molar-refractivity contribution < 1.29 is 9.21 Å². The Labute approximate surface area is 133 Å². The minimum atomic E-state index is -0.121. The number of nitrogens with one attached hydrogen (secondary N) is 1. The van der Waals surface area contributed by atoms with Crippen molar-refractivity contribution in [2.75, 3.05) is 5.32 Å². The molecule has 1 N–H and O–H groups in total. The largest absolute Gasteiger partial charge is 0.436 e. The molecule has 5 heteroatoms. The van der Waals surface area contributed by atoms with Gasteiger partial charge in [-0.05, 0) is 30.3 Å². The molecule has 0 bridgehead atoms. The first kappa shape index (κ1) is 14.6. The molecule has 2 aromatic carbocycles. The highest BCUT2D eigenvalue weighted by Gasteiger charge is 2.13. The zero-order valence-electron chi connectivity index (χ0n) is 12.3. The summed E-state index contributed by atoms with van der Waals surface area (Å²) in [5, 5.41) is 3.29. The lowest BCUT2D eigenvalue weighted by Gasteiger charge is -2.10. The van der Waals surface area contributed by atoms with Crippen LogP contribution in [0.3, 0.4) is 0 Å². The first-order valence-corrected chi connectivity index (χ1v) is 7.39. The van der Waals surface area contributed by atoms with E-state index in [0.717, 1.165) is 16.7 Å². The topological polar surface area (TPSA) is 55.1 Å². The van der Waals surface area contributed by atoms with Gasteiger partial charge in [-0.15, -0.1) is 0 Å². The lowest BCUT2D eigenvalue weighted by Crippen LogP contribution is -2.17. The van der Waals surface area contributed by atoms with Crippen LogP contribution in [0, 0.1) is 5.92 Å². The molecule has 0 saturated carbocycles. The number of nitrogens with zero attached hydrogens (tertiary/aromatic N) is 1. The zero-order valence-corrected chi connectivity index (χ0v) is 13.0. The fourth-order valence-electron chi connectivity index (χ4n) is 2.03. The first-order chi connectivity index (χ1) is 10.5. The van der Waals surface area contributed by atoms with E-state index in [1.165, 1.54) is 0 Å². The van der Waals surface area contributed by atoms with E-state index in [2.05, 4.69) is 10.3 Å². The normalized spacial score (nSPS) is 11.1. The molecule has 0 saturated heterocycles. The van der Waals surface area contributed by atoms with Crippen LogP contribution < -0.4 is 5.32 Å². The minimum Gasteiger partial charge on any atom is -0.436 e. The highest BCUT2D eigenvalue weighted by molar-refractivity contribution is 6.33. The molecular weight excluding hydrogens is 300 g/mol. The summed E-state index contributed by atoms with van der Waals surface area (Å²) in [6.45, 7) is 3.65. The SMILES string of the molecule is CC(C)C(=O)Nc1cc(-c2nc3ccccc3o2)ccc1Cl. The number of carbonyl (C=O) groups is 1. The van der Waals surface area contributed by atoms with Gasteiger partial charge < -0.3 is 9.73 Å². The van der Waals surface area contributed by atoms with Crippen molar-refractivity contribution in [1.82, 2.24) is 4.98 Å². The number of hydrogen-bond donors (Lipinski definition) is 1. The standard InChI is InChI=1S/C17H15ClN2O2/c1-10(2)16(21)19-14-9-11(7-8-12(14)18)17-20-13-5-3-4-6-15(13)22-17/h3-10H,1-2H3,(H,19,21). The first-order valence-electron chi connectivity index (χ1n) is 7.01. The average Bonchev–Trinajstić information content (AvgIpc) is 2.93. The Bertz CT molecular complexity index is 807. The van der Waals surface area contributed by atoms with Crippen LogP contribution in [0.4, 0.5) is 5.69 Å². The highest BCUT2D eigenvalue weighted by Crippen LogP contribution is 2.30. The summed E-state index contributed by atoms with van der Waals surface area (Å²) < 4.78 is 5.73. The molecule has 1 heterocycles. The second-order valence-electron chi connectivity index (χ2n) is 5.33. The van der Waals surface area contributed by atoms with E-state index in [0.29, 0.717) is 16.6 Å². The molecule has 0 aliphatic heterocycles. The van der Waals surface area contributed by atoms with Crippen LogP contribution in [0.2, 0.25) is 5.02 Å². The molecule has 0 spiro atoms. The summed E-state index contributed by atoms with van der Waals surface area (Å²) in [6.07, 6.45) is 0. The van der Waals surface area contributed by atoms with Crippen molar-refractivity contribution in [1.29, 1.82) is 0 Å². The third kappa shape index (κ3) is 2.83. The molecule has 0 aliphatic carbocycles. The molecule has 4 nitrogen and oxygen atoms in total. The van der Waals surface area contributed by atoms with Gasteiger partial charge in [-0.2, -0.15) is 0 Å². The van der Waals surface area contributed by atoms with Gasteiger partial charge in [0.1, 0.15) is 5.52 Å². The maximum Gasteiger partial charge on any atom is 0.227 e. The van der Waals surface area contributed by atoms with Crippen LogP contribution in [0.15, 0.2) is 46.9 Å². The second kappa shape index (κ2) is 5.81. The molecule has 0 aliphatic rings. The number of benzene rings is 2. The number of rotatable bonds is 3. The number of carbonyl (C=O) groups excluding carboxylic acids is 1. The lowest BCUT2D eigenvalue weighted by atomic mass is 10.1. The van der Waals surface area contributed by atoms with Crippen molar-refractivity contribution in [3.63, 3.8) is 0 Å². The molecule has 0 unspecified atom stereocenters. The Morgan fingerprint density at radius 1 is 1.23 bits per heavy atom. The molecular formula is C17H15ClN2O2. The van der Waals surface area contributed by atoms with Gasteiger partial charge in [-0.1, -0.05) is 37.6 Å². The van der Waals surface area contributed by atoms with E-state index in [4.69, 9.17) is 16.0 Å².